The molecule has 0 amide bonds. The smallest absolute Gasteiger partial charge is 0.317 e. The minimum atomic E-state index is -4.08. The molecule has 0 heterocycles. The van der Waals surface area contributed by atoms with Crippen LogP contribution in [0.1, 0.15) is 25.7 Å². The molecule has 1 aromatic carbocycles. The van der Waals surface area contributed by atoms with Crippen molar-refractivity contribution in [3.63, 3.8) is 0 Å². The number of benzene rings is 1. The van der Waals surface area contributed by atoms with Crippen LogP contribution < -0.4 is 4.72 Å². The minimum Gasteiger partial charge on any atom is -0.480 e. The first kappa shape index (κ1) is 18.2. The molecule has 0 spiro atoms. The second-order valence-electron chi connectivity index (χ2n) is 6.78. The maximum absolute atomic E-state index is 13.7. The molecule has 3 rings (SSSR count). The number of nitrogens with zero attached hydrogens (tertiary/aromatic N) is 1. The lowest BCUT2D eigenvalue weighted by atomic mass is 9.86. The van der Waals surface area contributed by atoms with Crippen LogP contribution in [-0.2, 0) is 14.8 Å². The molecule has 1 aromatic rings. The lowest BCUT2D eigenvalue weighted by Crippen LogP contribution is -2.55. The van der Waals surface area contributed by atoms with Crippen molar-refractivity contribution in [3.05, 3.63) is 29.8 Å². The van der Waals surface area contributed by atoms with Crippen LogP contribution in [0.2, 0.25) is 0 Å². The molecule has 0 saturated heterocycles. The molecule has 2 N–H and O–H groups in total. The van der Waals surface area contributed by atoms with E-state index in [4.69, 9.17) is 5.11 Å². The van der Waals surface area contributed by atoms with Gasteiger partial charge in [-0.2, -0.15) is 0 Å². The van der Waals surface area contributed by atoms with E-state index >= 15 is 0 Å². The van der Waals surface area contributed by atoms with Gasteiger partial charge in [0.05, 0.1) is 6.54 Å². The summed E-state index contributed by atoms with van der Waals surface area (Å²) in [5.41, 5.74) is 0. The Hall–Kier alpha value is -1.58. The zero-order chi connectivity index (χ0) is 18.2. The van der Waals surface area contributed by atoms with E-state index in [0.717, 1.165) is 25.0 Å². The second-order valence-corrected chi connectivity index (χ2v) is 8.47. The first-order valence-electron chi connectivity index (χ1n) is 8.18. The van der Waals surface area contributed by atoms with E-state index in [-0.39, 0.29) is 18.6 Å². The van der Waals surface area contributed by atoms with Crippen molar-refractivity contribution in [2.75, 3.05) is 13.1 Å². The highest BCUT2D eigenvalue weighted by Gasteiger charge is 2.39. The molecule has 2 aliphatic rings. The van der Waals surface area contributed by atoms with Crippen molar-refractivity contribution in [1.29, 1.82) is 0 Å². The maximum atomic E-state index is 13.7. The number of carbonyl (C=O) groups is 1. The zero-order valence-electron chi connectivity index (χ0n) is 13.5. The van der Waals surface area contributed by atoms with Crippen LogP contribution in [0.5, 0.6) is 0 Å². The van der Waals surface area contributed by atoms with Gasteiger partial charge in [-0.05, 0) is 43.7 Å². The van der Waals surface area contributed by atoms with Crippen molar-refractivity contribution in [2.24, 2.45) is 5.92 Å². The van der Waals surface area contributed by atoms with Gasteiger partial charge in [0, 0.05) is 24.7 Å². The number of carboxylic acids is 1. The van der Waals surface area contributed by atoms with Gasteiger partial charge in [-0.3, -0.25) is 9.69 Å². The number of sulfonamides is 1. The Labute approximate surface area is 144 Å². The third-order valence-corrected chi connectivity index (χ3v) is 6.22. The van der Waals surface area contributed by atoms with Crippen molar-refractivity contribution < 1.29 is 27.1 Å². The Kier molecular flexibility index (Phi) is 5.08. The van der Waals surface area contributed by atoms with Gasteiger partial charge >= 0.3 is 5.97 Å². The summed E-state index contributed by atoms with van der Waals surface area (Å²) < 4.78 is 53.5. The molecular weight excluding hydrogens is 354 g/mol. The molecule has 25 heavy (non-hydrogen) atoms. The quantitative estimate of drug-likeness (QED) is 0.721. The Morgan fingerprint density at radius 2 is 1.96 bits per heavy atom. The molecule has 9 heteroatoms. The van der Waals surface area contributed by atoms with Crippen LogP contribution >= 0.6 is 0 Å². The monoisotopic (exact) mass is 374 g/mol. The third-order valence-electron chi connectivity index (χ3n) is 4.66. The molecule has 2 fully saturated rings. The van der Waals surface area contributed by atoms with Crippen molar-refractivity contribution >= 4 is 16.0 Å². The summed E-state index contributed by atoms with van der Waals surface area (Å²) in [6.45, 7) is 0.649. The van der Waals surface area contributed by atoms with E-state index in [1.165, 1.54) is 0 Å². The highest BCUT2D eigenvalue weighted by molar-refractivity contribution is 7.89. The minimum absolute atomic E-state index is 0.00228. The van der Waals surface area contributed by atoms with E-state index < -0.39 is 32.5 Å². The van der Waals surface area contributed by atoms with Gasteiger partial charge in [0.15, 0.2) is 0 Å². The first-order valence-corrected chi connectivity index (χ1v) is 9.66. The fraction of sp³-hybridized carbons (Fsp3) is 0.562. The largest absolute Gasteiger partial charge is 0.480 e. The number of halogens is 2. The summed E-state index contributed by atoms with van der Waals surface area (Å²) in [5.74, 6) is -2.35. The fourth-order valence-electron chi connectivity index (χ4n) is 3.11. The molecule has 0 aliphatic heterocycles. The van der Waals surface area contributed by atoms with Crippen LogP contribution in [-0.4, -0.2) is 49.6 Å². The third kappa shape index (κ3) is 4.53. The van der Waals surface area contributed by atoms with Crippen LogP contribution in [0.15, 0.2) is 23.1 Å². The number of hydrogen-bond donors (Lipinski definition) is 2. The Morgan fingerprint density at radius 3 is 2.52 bits per heavy atom. The maximum Gasteiger partial charge on any atom is 0.317 e. The van der Waals surface area contributed by atoms with Gasteiger partial charge in [0.1, 0.15) is 16.5 Å². The summed E-state index contributed by atoms with van der Waals surface area (Å²) in [7, 11) is -4.08. The van der Waals surface area contributed by atoms with E-state index in [1.54, 1.807) is 0 Å². The molecule has 2 aliphatic carbocycles. The molecule has 6 nitrogen and oxygen atoms in total. The van der Waals surface area contributed by atoms with E-state index in [2.05, 4.69) is 4.72 Å². The van der Waals surface area contributed by atoms with Gasteiger partial charge < -0.3 is 5.11 Å². The first-order chi connectivity index (χ1) is 11.7. The van der Waals surface area contributed by atoms with E-state index in [1.807, 2.05) is 4.90 Å². The van der Waals surface area contributed by atoms with Crippen LogP contribution in [0.4, 0.5) is 8.78 Å². The molecule has 0 bridgehead atoms. The summed E-state index contributed by atoms with van der Waals surface area (Å²) in [6, 6.07) is 1.94. The molecule has 0 unspecified atom stereocenters. The van der Waals surface area contributed by atoms with Crippen molar-refractivity contribution in [2.45, 2.75) is 42.7 Å². The Balaban J connectivity index is 1.59. The Morgan fingerprint density at radius 1 is 1.28 bits per heavy atom. The Bertz CT molecular complexity index is 761. The second kappa shape index (κ2) is 6.97. The average Bonchev–Trinajstić information content (AvgIpc) is 3.24. The summed E-state index contributed by atoms with van der Waals surface area (Å²) >= 11 is 0. The fourth-order valence-corrected chi connectivity index (χ4v) is 4.43. The molecule has 138 valence electrons. The highest BCUT2D eigenvalue weighted by atomic mass is 32.2. The lowest BCUT2D eigenvalue weighted by molar-refractivity contribution is -0.139. The summed E-state index contributed by atoms with van der Waals surface area (Å²) in [6.07, 6.45) is 3.15. The zero-order valence-corrected chi connectivity index (χ0v) is 14.3. The summed E-state index contributed by atoms with van der Waals surface area (Å²) in [5, 5.41) is 9.01. The predicted octanol–water partition coefficient (Wildman–Crippen LogP) is 1.57. The lowest BCUT2D eigenvalue weighted by Gasteiger charge is -2.42. The summed E-state index contributed by atoms with van der Waals surface area (Å²) in [4.78, 5) is 12.3. The van der Waals surface area contributed by atoms with Gasteiger partial charge in [0.25, 0.3) is 0 Å². The molecule has 2 saturated carbocycles. The molecule has 0 aromatic heterocycles. The number of rotatable bonds is 8. The number of aliphatic carboxylic acids is 1. The van der Waals surface area contributed by atoms with E-state index in [9.17, 15) is 22.0 Å². The number of nitrogens with one attached hydrogen (secondary N) is 1. The normalized spacial score (nSPS) is 23.5. The van der Waals surface area contributed by atoms with Crippen LogP contribution in [0.3, 0.4) is 0 Å². The SMILES string of the molecule is O=C(O)CN(CC1CC1)C1CC(NS(=O)(=O)c2ccc(F)cc2F)C1. The van der Waals surface area contributed by atoms with Gasteiger partial charge in [0.2, 0.25) is 10.0 Å². The predicted molar refractivity (Wildman–Crippen MR) is 85.4 cm³/mol. The highest BCUT2D eigenvalue weighted by Crippen LogP contribution is 2.34. The van der Waals surface area contributed by atoms with Gasteiger partial charge in [-0.15, -0.1) is 0 Å². The van der Waals surface area contributed by atoms with Crippen LogP contribution in [0, 0.1) is 17.6 Å². The number of carboxylic acid groups (broad SMARTS) is 1. The molecule has 0 radical (unpaired) electrons. The van der Waals surface area contributed by atoms with Crippen LogP contribution in [0.25, 0.3) is 0 Å². The number of hydrogen-bond acceptors (Lipinski definition) is 4. The standard InChI is InChI=1S/C16H20F2N2O4S/c17-11-3-4-15(14(18)5-11)25(23,24)19-12-6-13(7-12)20(9-16(21)22)8-10-1-2-10/h3-5,10,12-13,19H,1-2,6-9H2,(H,21,22). The van der Waals surface area contributed by atoms with Crippen molar-refractivity contribution in [3.8, 4) is 0 Å². The van der Waals surface area contributed by atoms with Gasteiger partial charge in [-0.1, -0.05) is 0 Å². The van der Waals surface area contributed by atoms with Gasteiger partial charge in [-0.25, -0.2) is 21.9 Å². The van der Waals surface area contributed by atoms with Crippen molar-refractivity contribution in [1.82, 2.24) is 9.62 Å². The van der Waals surface area contributed by atoms with E-state index in [0.29, 0.717) is 31.4 Å². The average molecular weight is 374 g/mol. The molecular formula is C16H20F2N2O4S. The topological polar surface area (TPSA) is 86.7 Å². The molecule has 0 atom stereocenters.